The summed E-state index contributed by atoms with van der Waals surface area (Å²) in [5, 5.41) is 0. The molecule has 0 heterocycles. The number of benzene rings is 2. The van der Waals surface area contributed by atoms with E-state index >= 15 is 0 Å². The quantitative estimate of drug-likeness (QED) is 0.335. The van der Waals surface area contributed by atoms with Gasteiger partial charge in [-0.25, -0.2) is 0 Å². The molecule has 0 spiro atoms. The Hall–Kier alpha value is -0.400. The summed E-state index contributed by atoms with van der Waals surface area (Å²) >= 11 is -0.512. The van der Waals surface area contributed by atoms with Crippen molar-refractivity contribution < 1.29 is 21.9 Å². The van der Waals surface area contributed by atoms with Crippen LogP contribution in [0.3, 0.4) is 0 Å². The molecule has 2 aliphatic carbocycles. The van der Waals surface area contributed by atoms with Crippen LogP contribution in [0.5, 0.6) is 0 Å². The minimum absolute atomic E-state index is 0. The van der Waals surface area contributed by atoms with Crippen molar-refractivity contribution in [3.63, 3.8) is 0 Å². The Kier molecular flexibility index (Phi) is 8.59. The van der Waals surface area contributed by atoms with Crippen molar-refractivity contribution in [2.45, 2.75) is 52.6 Å². The van der Waals surface area contributed by atoms with Gasteiger partial charge < -0.3 is 0 Å². The summed E-state index contributed by atoms with van der Waals surface area (Å²) in [6.07, 6.45) is 7.16. The van der Waals surface area contributed by atoms with Gasteiger partial charge >= 0.3 is 170 Å². The number of hydrogen-bond donors (Lipinski definition) is 0. The number of fused-ring (bicyclic) bond motifs is 3. The third kappa shape index (κ3) is 4.22. The number of rotatable bonds is 4. The molecule has 0 saturated heterocycles. The van der Waals surface area contributed by atoms with E-state index in [1.807, 2.05) is 3.27 Å². The molecule has 0 unspecified atom stereocenters. The summed E-state index contributed by atoms with van der Waals surface area (Å²) in [5.41, 5.74) is 12.6. The van der Waals surface area contributed by atoms with E-state index in [0.717, 1.165) is 12.8 Å². The zero-order valence-corrected chi connectivity index (χ0v) is 22.3. The van der Waals surface area contributed by atoms with Gasteiger partial charge in [-0.05, 0) is 0 Å². The average Bonchev–Trinajstić information content (AvgIpc) is 3.22. The molecular weight excluding hydrogens is 478 g/mol. The van der Waals surface area contributed by atoms with Gasteiger partial charge in [-0.2, -0.15) is 0 Å². The molecule has 0 amide bonds. The van der Waals surface area contributed by atoms with Crippen molar-refractivity contribution in [3.8, 4) is 11.1 Å². The van der Waals surface area contributed by atoms with Gasteiger partial charge in [0.2, 0.25) is 0 Å². The predicted molar refractivity (Wildman–Crippen MR) is 126 cm³/mol. The summed E-state index contributed by atoms with van der Waals surface area (Å²) in [7, 11) is 0. The first-order chi connectivity index (χ1) is 12.6. The third-order valence-corrected chi connectivity index (χ3v) is 13.4. The smallest absolute Gasteiger partial charge is 0.147 e. The van der Waals surface area contributed by atoms with Gasteiger partial charge in [0.1, 0.15) is 0 Å². The van der Waals surface area contributed by atoms with E-state index in [2.05, 4.69) is 69.4 Å². The van der Waals surface area contributed by atoms with Crippen LogP contribution in [0.4, 0.5) is 0 Å². The normalized spacial score (nSPS) is 13.8. The van der Waals surface area contributed by atoms with Crippen LogP contribution in [-0.4, -0.2) is 5.43 Å². The van der Waals surface area contributed by atoms with Crippen LogP contribution in [0.25, 0.3) is 16.7 Å². The first-order valence-corrected chi connectivity index (χ1v) is 17.3. The molecule has 4 rings (SSSR count). The molecule has 0 atom stereocenters. The second-order valence-electron chi connectivity index (χ2n) is 7.57. The van der Waals surface area contributed by atoms with Gasteiger partial charge in [-0.15, -0.1) is 24.8 Å². The van der Waals surface area contributed by atoms with Crippen molar-refractivity contribution in [1.82, 2.24) is 0 Å². The molecule has 0 fully saturated rings. The Balaban J connectivity index is 0.00000140. The van der Waals surface area contributed by atoms with Gasteiger partial charge in [0.25, 0.3) is 0 Å². The van der Waals surface area contributed by atoms with E-state index in [-0.39, 0.29) is 30.2 Å². The first-order valence-electron chi connectivity index (χ1n) is 9.87. The van der Waals surface area contributed by atoms with Crippen molar-refractivity contribution in [2.24, 2.45) is 0 Å². The second kappa shape index (κ2) is 10.1. The van der Waals surface area contributed by atoms with Crippen LogP contribution in [-0.2, 0) is 28.3 Å². The van der Waals surface area contributed by atoms with Crippen LogP contribution in [0, 0.1) is 0 Å². The maximum absolute atomic E-state index is 2.53. The van der Waals surface area contributed by atoms with Crippen molar-refractivity contribution >= 4 is 39.1 Å². The molecule has 0 nitrogen and oxygen atoms in total. The van der Waals surface area contributed by atoms with E-state index in [0.29, 0.717) is 0 Å². The summed E-state index contributed by atoms with van der Waals surface area (Å²) in [4.78, 5) is 0. The monoisotopic (exact) mass is 505 g/mol. The maximum atomic E-state index is 2.53. The predicted octanol–water partition coefficient (Wildman–Crippen LogP) is 6.96. The summed E-state index contributed by atoms with van der Waals surface area (Å²) in [5.74, 6) is 0. The molecule has 2 aromatic carbocycles. The fourth-order valence-corrected chi connectivity index (χ4v) is 12.3. The molecule has 0 radical (unpaired) electrons. The molecule has 0 aromatic heterocycles. The van der Waals surface area contributed by atoms with Crippen LogP contribution in [0.2, 0.25) is 13.1 Å². The van der Waals surface area contributed by atoms with Crippen molar-refractivity contribution in [2.75, 3.05) is 0 Å². The minimum Gasteiger partial charge on any atom is -0.147 e. The van der Waals surface area contributed by atoms with Crippen LogP contribution in [0.1, 0.15) is 49.8 Å². The second-order valence-corrected chi connectivity index (χ2v) is 20.3. The third-order valence-electron chi connectivity index (χ3n) is 5.73. The Morgan fingerprint density at radius 3 is 2.29 bits per heavy atom. The number of allylic oxidation sites excluding steroid dienone is 4. The molecule has 147 valence electrons. The summed E-state index contributed by atoms with van der Waals surface area (Å²) in [6, 6.07) is 14.0. The molecule has 2 aromatic rings. The summed E-state index contributed by atoms with van der Waals surface area (Å²) < 4.78 is 1.83. The molecule has 0 aliphatic heterocycles. The van der Waals surface area contributed by atoms with Gasteiger partial charge in [0.15, 0.2) is 0 Å². The SMILES string of the molecule is CCC1=CCC(c2ccc3c([c]2[Zr]=[Si](C)C)Cc2ccccc2-3)=C1CC.Cl.Cl. The van der Waals surface area contributed by atoms with E-state index in [9.17, 15) is 0 Å². The molecule has 0 saturated carbocycles. The fraction of sp³-hybridized carbons (Fsp3) is 0.333. The first kappa shape index (κ1) is 23.9. The zero-order valence-electron chi connectivity index (χ0n) is 17.2. The van der Waals surface area contributed by atoms with Crippen LogP contribution in [0.15, 0.2) is 53.6 Å². The topological polar surface area (TPSA) is 0 Å². The van der Waals surface area contributed by atoms with E-state index < -0.39 is 21.9 Å². The van der Waals surface area contributed by atoms with Gasteiger partial charge in [0.05, 0.1) is 0 Å². The molecular formula is C24H29Cl2SiZr. The van der Waals surface area contributed by atoms with Gasteiger partial charge in [-0.3, -0.25) is 0 Å². The molecule has 0 N–H and O–H groups in total. The molecule has 2 aliphatic rings. The minimum atomic E-state index is -0.512. The van der Waals surface area contributed by atoms with E-state index in [1.54, 1.807) is 27.8 Å². The fourth-order valence-electron chi connectivity index (χ4n) is 4.59. The van der Waals surface area contributed by atoms with Gasteiger partial charge in [0, 0.05) is 0 Å². The van der Waals surface area contributed by atoms with Crippen molar-refractivity contribution in [3.05, 3.63) is 70.3 Å². The molecule has 4 heteroatoms. The zero-order chi connectivity index (χ0) is 18.3. The molecule has 28 heavy (non-hydrogen) atoms. The molecule has 0 bridgehead atoms. The Morgan fingerprint density at radius 2 is 1.61 bits per heavy atom. The largest absolute Gasteiger partial charge is 0.147 e. The Labute approximate surface area is 193 Å². The van der Waals surface area contributed by atoms with E-state index in [1.165, 1.54) is 29.5 Å². The van der Waals surface area contributed by atoms with Crippen LogP contribution < -0.4 is 3.27 Å². The summed E-state index contributed by atoms with van der Waals surface area (Å²) in [6.45, 7) is 9.70. The maximum Gasteiger partial charge on any atom is -0.147 e. The number of halogens is 2. The Bertz CT molecular complexity index is 982. The Morgan fingerprint density at radius 1 is 0.893 bits per heavy atom. The van der Waals surface area contributed by atoms with Crippen molar-refractivity contribution in [1.29, 1.82) is 0 Å². The standard InChI is InChI=1S/C22H21.C2H6Si.2ClH.Zr/c1-3-15-9-11-21(19(15)4-2)17-10-12-22-18(14-17)13-16-7-5-6-8-20(16)22;1-3-2;;;/h5-10,12H,3-4,11,13H2,1-2H3;1-2H3;2*1H;. The van der Waals surface area contributed by atoms with E-state index in [4.69, 9.17) is 0 Å². The van der Waals surface area contributed by atoms with Crippen LogP contribution >= 0.6 is 24.8 Å². The van der Waals surface area contributed by atoms with Gasteiger partial charge in [-0.1, -0.05) is 0 Å². The number of hydrogen-bond acceptors (Lipinski definition) is 0. The average molecular weight is 508 g/mol.